The summed E-state index contributed by atoms with van der Waals surface area (Å²) in [5, 5.41) is 23.0. The predicted octanol–water partition coefficient (Wildman–Crippen LogP) is -1.55. The Morgan fingerprint density at radius 1 is 1.24 bits per heavy atom. The highest BCUT2D eigenvalue weighted by Crippen LogP contribution is 2.15. The molecule has 0 aliphatic heterocycles. The topological polar surface area (TPSA) is 164 Å². The first-order valence-electron chi connectivity index (χ1n) is 5.51. The predicted molar refractivity (Wildman–Crippen MR) is 71.2 cm³/mol. The standard InChI is InChI=1S/C10H14N2O7S2/c1-6(13)9(10(14)15)12-21(18,19)8-4-2-3-7(5-8)20(11,16)17/h2-6,9,12-13H,1H3,(H,14,15)(H2,11,16,17). The van der Waals surface area contributed by atoms with Crippen LogP contribution in [0.25, 0.3) is 0 Å². The summed E-state index contributed by atoms with van der Waals surface area (Å²) in [4.78, 5) is 9.95. The van der Waals surface area contributed by atoms with Crippen LogP contribution < -0.4 is 9.86 Å². The monoisotopic (exact) mass is 338 g/mol. The molecule has 1 aromatic carbocycles. The summed E-state index contributed by atoms with van der Waals surface area (Å²) in [6.45, 7) is 1.10. The Bertz CT molecular complexity index is 740. The largest absolute Gasteiger partial charge is 0.480 e. The van der Waals surface area contributed by atoms with Gasteiger partial charge in [0.25, 0.3) is 0 Å². The molecule has 0 aliphatic carbocycles. The lowest BCUT2D eigenvalue weighted by molar-refractivity contribution is -0.141. The fourth-order valence-corrected chi connectivity index (χ4v) is 3.35. The van der Waals surface area contributed by atoms with E-state index in [1.807, 2.05) is 0 Å². The van der Waals surface area contributed by atoms with Gasteiger partial charge >= 0.3 is 5.97 Å². The van der Waals surface area contributed by atoms with Crippen molar-refractivity contribution in [1.29, 1.82) is 0 Å². The number of carbonyl (C=O) groups is 1. The van der Waals surface area contributed by atoms with E-state index in [0.29, 0.717) is 0 Å². The lowest BCUT2D eigenvalue weighted by atomic mass is 10.2. The highest BCUT2D eigenvalue weighted by Gasteiger charge is 2.29. The number of aliphatic hydroxyl groups excluding tert-OH is 1. The number of aliphatic hydroxyl groups is 1. The number of carboxylic acids is 1. The maximum Gasteiger partial charge on any atom is 0.324 e. The van der Waals surface area contributed by atoms with Crippen molar-refractivity contribution in [2.45, 2.75) is 28.9 Å². The van der Waals surface area contributed by atoms with Crippen molar-refractivity contribution in [3.05, 3.63) is 24.3 Å². The molecule has 0 aromatic heterocycles. The van der Waals surface area contributed by atoms with Gasteiger partial charge < -0.3 is 10.2 Å². The number of hydrogen-bond donors (Lipinski definition) is 4. The van der Waals surface area contributed by atoms with Crippen LogP contribution in [0.5, 0.6) is 0 Å². The third-order valence-electron chi connectivity index (χ3n) is 2.47. The Morgan fingerprint density at radius 2 is 1.76 bits per heavy atom. The molecule has 118 valence electrons. The molecule has 0 saturated carbocycles. The van der Waals surface area contributed by atoms with Crippen molar-refractivity contribution in [1.82, 2.24) is 4.72 Å². The smallest absolute Gasteiger partial charge is 0.324 e. The van der Waals surface area contributed by atoms with Crippen LogP contribution in [0.4, 0.5) is 0 Å². The fourth-order valence-electron chi connectivity index (χ4n) is 1.41. The Balaban J connectivity index is 3.23. The minimum Gasteiger partial charge on any atom is -0.480 e. The van der Waals surface area contributed by atoms with Crippen LogP contribution in [0.15, 0.2) is 34.1 Å². The molecule has 0 spiro atoms. The first-order chi connectivity index (χ1) is 9.45. The molecular weight excluding hydrogens is 324 g/mol. The normalized spacial score (nSPS) is 15.4. The number of nitrogens with two attached hydrogens (primary N) is 1. The number of nitrogens with one attached hydrogen (secondary N) is 1. The summed E-state index contributed by atoms with van der Waals surface area (Å²) in [5.74, 6) is -1.57. The average Bonchev–Trinajstić information content (AvgIpc) is 2.34. The highest BCUT2D eigenvalue weighted by molar-refractivity contribution is 7.90. The van der Waals surface area contributed by atoms with Crippen molar-refractivity contribution < 1.29 is 31.8 Å². The van der Waals surface area contributed by atoms with E-state index in [2.05, 4.69) is 0 Å². The number of rotatable bonds is 6. The van der Waals surface area contributed by atoms with Gasteiger partial charge in [-0.15, -0.1) is 0 Å². The van der Waals surface area contributed by atoms with Crippen molar-refractivity contribution in [3.8, 4) is 0 Å². The quantitative estimate of drug-likeness (QED) is 0.487. The molecule has 0 fully saturated rings. The summed E-state index contributed by atoms with van der Waals surface area (Å²) >= 11 is 0. The third kappa shape index (κ3) is 4.47. The molecular formula is C10H14N2O7S2. The lowest BCUT2D eigenvalue weighted by Gasteiger charge is -2.17. The van der Waals surface area contributed by atoms with E-state index in [0.717, 1.165) is 31.2 Å². The Hall–Kier alpha value is -1.53. The lowest BCUT2D eigenvalue weighted by Crippen LogP contribution is -2.47. The molecule has 0 saturated heterocycles. The fraction of sp³-hybridized carbons (Fsp3) is 0.300. The molecule has 0 aliphatic rings. The number of primary sulfonamides is 1. The van der Waals surface area contributed by atoms with E-state index in [1.165, 1.54) is 0 Å². The third-order valence-corrected chi connectivity index (χ3v) is 4.82. The Kier molecular flexibility index (Phi) is 5.07. The van der Waals surface area contributed by atoms with E-state index in [4.69, 9.17) is 10.2 Å². The molecule has 2 unspecified atom stereocenters. The van der Waals surface area contributed by atoms with Crippen LogP contribution in [0.2, 0.25) is 0 Å². The van der Waals surface area contributed by atoms with Gasteiger partial charge in [0.1, 0.15) is 6.04 Å². The van der Waals surface area contributed by atoms with Crippen molar-refractivity contribution in [2.75, 3.05) is 0 Å². The molecule has 5 N–H and O–H groups in total. The zero-order valence-electron chi connectivity index (χ0n) is 10.8. The number of hydrogen-bond acceptors (Lipinski definition) is 6. The van der Waals surface area contributed by atoms with Gasteiger partial charge in [0.05, 0.1) is 15.9 Å². The molecule has 21 heavy (non-hydrogen) atoms. The van der Waals surface area contributed by atoms with Gasteiger partial charge in [-0.1, -0.05) is 6.07 Å². The molecule has 2 atom stereocenters. The van der Waals surface area contributed by atoms with Gasteiger partial charge in [0.15, 0.2) is 0 Å². The molecule has 0 radical (unpaired) electrons. The second kappa shape index (κ2) is 6.07. The molecule has 9 nitrogen and oxygen atoms in total. The Labute approximate surface area is 121 Å². The first kappa shape index (κ1) is 17.5. The van der Waals surface area contributed by atoms with E-state index in [9.17, 15) is 26.7 Å². The molecule has 1 rings (SSSR count). The molecule has 0 amide bonds. The van der Waals surface area contributed by atoms with E-state index in [1.54, 1.807) is 4.72 Å². The SMILES string of the molecule is CC(O)C(NS(=O)(=O)c1cccc(S(N)(=O)=O)c1)C(=O)O. The molecule has 11 heteroatoms. The second-order valence-electron chi connectivity index (χ2n) is 4.20. The minimum atomic E-state index is -4.34. The van der Waals surface area contributed by atoms with Crippen LogP contribution in [0.1, 0.15) is 6.92 Å². The summed E-state index contributed by atoms with van der Waals surface area (Å²) in [5.41, 5.74) is 0. The van der Waals surface area contributed by atoms with Gasteiger partial charge in [0.2, 0.25) is 20.0 Å². The van der Waals surface area contributed by atoms with Crippen LogP contribution in [-0.2, 0) is 24.8 Å². The van der Waals surface area contributed by atoms with Crippen LogP contribution >= 0.6 is 0 Å². The first-order valence-corrected chi connectivity index (χ1v) is 8.54. The second-order valence-corrected chi connectivity index (χ2v) is 7.47. The number of benzene rings is 1. The molecule has 1 aromatic rings. The summed E-state index contributed by atoms with van der Waals surface area (Å²) in [6.07, 6.45) is -1.49. The Morgan fingerprint density at radius 3 is 2.19 bits per heavy atom. The summed E-state index contributed by atoms with van der Waals surface area (Å²) in [6, 6.07) is 2.33. The highest BCUT2D eigenvalue weighted by atomic mass is 32.2. The number of carboxylic acid groups (broad SMARTS) is 1. The average molecular weight is 338 g/mol. The van der Waals surface area contributed by atoms with Gasteiger partial charge in [-0.05, 0) is 25.1 Å². The van der Waals surface area contributed by atoms with Crippen LogP contribution in [-0.4, -0.2) is 45.2 Å². The zero-order chi connectivity index (χ0) is 16.4. The number of aliphatic carboxylic acids is 1. The van der Waals surface area contributed by atoms with Crippen molar-refractivity contribution >= 4 is 26.0 Å². The molecule has 0 bridgehead atoms. The van der Waals surface area contributed by atoms with Crippen molar-refractivity contribution in [2.24, 2.45) is 5.14 Å². The van der Waals surface area contributed by atoms with E-state index >= 15 is 0 Å². The summed E-state index contributed by atoms with van der Waals surface area (Å²) in [7, 11) is -8.45. The maximum atomic E-state index is 12.0. The maximum absolute atomic E-state index is 12.0. The van der Waals surface area contributed by atoms with E-state index in [-0.39, 0.29) is 0 Å². The summed E-state index contributed by atoms with van der Waals surface area (Å²) < 4.78 is 48.2. The van der Waals surface area contributed by atoms with Gasteiger partial charge in [0, 0.05) is 0 Å². The van der Waals surface area contributed by atoms with Crippen LogP contribution in [0, 0.1) is 0 Å². The van der Waals surface area contributed by atoms with Gasteiger partial charge in [-0.25, -0.2) is 22.0 Å². The molecule has 0 heterocycles. The number of sulfonamides is 2. The van der Waals surface area contributed by atoms with Crippen molar-refractivity contribution in [3.63, 3.8) is 0 Å². The van der Waals surface area contributed by atoms with Crippen LogP contribution in [0.3, 0.4) is 0 Å². The van der Waals surface area contributed by atoms with E-state index < -0.39 is 48.0 Å². The van der Waals surface area contributed by atoms with Gasteiger partial charge in [-0.3, -0.25) is 4.79 Å². The van der Waals surface area contributed by atoms with Gasteiger partial charge in [-0.2, -0.15) is 4.72 Å². The zero-order valence-corrected chi connectivity index (χ0v) is 12.4. The minimum absolute atomic E-state index is 0.436.